The molecule has 0 aliphatic carbocycles. The fraction of sp³-hybridized carbons (Fsp3) is 0.316. The van der Waals surface area contributed by atoms with E-state index in [1.54, 1.807) is 12.3 Å². The zero-order valence-electron chi connectivity index (χ0n) is 14.2. The number of hydrogen-bond donors (Lipinski definition) is 2. The number of aryl methyl sites for hydroxylation is 1. The van der Waals surface area contributed by atoms with Crippen LogP contribution in [0, 0.1) is 6.92 Å². The lowest BCUT2D eigenvalue weighted by Gasteiger charge is -2.34. The number of amides is 1. The standard InChI is InChI=1S/C19H21N5O/c1-13-22-17-16(7-8-21-18(17)23-13)19(25)24-10-9-20-15(12-24)11-14-5-3-2-4-6-14/h2-8,15,20H,9-12H2,1H3,(H,21,22,23). The Morgan fingerprint density at radius 2 is 2.12 bits per heavy atom. The lowest BCUT2D eigenvalue weighted by Crippen LogP contribution is -2.53. The number of benzene rings is 1. The summed E-state index contributed by atoms with van der Waals surface area (Å²) in [6, 6.07) is 12.4. The molecule has 1 aliphatic heterocycles. The van der Waals surface area contributed by atoms with E-state index in [4.69, 9.17) is 0 Å². The van der Waals surface area contributed by atoms with Crippen LogP contribution >= 0.6 is 0 Å². The molecule has 3 heterocycles. The number of carbonyl (C=O) groups is 1. The van der Waals surface area contributed by atoms with Gasteiger partial charge in [-0.3, -0.25) is 4.79 Å². The third kappa shape index (κ3) is 3.25. The van der Waals surface area contributed by atoms with Crippen molar-refractivity contribution >= 4 is 17.1 Å². The van der Waals surface area contributed by atoms with E-state index in [9.17, 15) is 4.79 Å². The summed E-state index contributed by atoms with van der Waals surface area (Å²) in [7, 11) is 0. The molecule has 2 aromatic heterocycles. The van der Waals surface area contributed by atoms with Gasteiger partial charge in [0.2, 0.25) is 0 Å². The molecule has 6 nitrogen and oxygen atoms in total. The molecule has 1 saturated heterocycles. The fourth-order valence-electron chi connectivity index (χ4n) is 3.42. The fourth-order valence-corrected chi connectivity index (χ4v) is 3.42. The topological polar surface area (TPSA) is 73.9 Å². The lowest BCUT2D eigenvalue weighted by molar-refractivity contribution is 0.0704. The molecule has 25 heavy (non-hydrogen) atoms. The van der Waals surface area contributed by atoms with E-state index in [0.717, 1.165) is 24.3 Å². The van der Waals surface area contributed by atoms with Crippen molar-refractivity contribution in [3.63, 3.8) is 0 Å². The minimum Gasteiger partial charge on any atom is -0.340 e. The van der Waals surface area contributed by atoms with E-state index >= 15 is 0 Å². The van der Waals surface area contributed by atoms with Gasteiger partial charge in [0.1, 0.15) is 5.82 Å². The maximum absolute atomic E-state index is 13.0. The van der Waals surface area contributed by atoms with Crippen molar-refractivity contribution in [3.8, 4) is 0 Å². The normalized spacial score (nSPS) is 17.8. The van der Waals surface area contributed by atoms with Crippen LogP contribution in [0.5, 0.6) is 0 Å². The van der Waals surface area contributed by atoms with Crippen LogP contribution in [-0.4, -0.2) is 51.4 Å². The van der Waals surface area contributed by atoms with Gasteiger partial charge in [-0.25, -0.2) is 9.97 Å². The number of carbonyl (C=O) groups excluding carboxylic acids is 1. The zero-order chi connectivity index (χ0) is 17.2. The number of aromatic amines is 1. The number of hydrogen-bond acceptors (Lipinski definition) is 4. The van der Waals surface area contributed by atoms with E-state index in [1.165, 1.54) is 5.56 Å². The van der Waals surface area contributed by atoms with Gasteiger partial charge in [-0.2, -0.15) is 0 Å². The molecule has 6 heteroatoms. The molecule has 2 N–H and O–H groups in total. The highest BCUT2D eigenvalue weighted by atomic mass is 16.2. The summed E-state index contributed by atoms with van der Waals surface area (Å²) in [5, 5.41) is 3.52. The second-order valence-corrected chi connectivity index (χ2v) is 6.47. The van der Waals surface area contributed by atoms with Crippen molar-refractivity contribution in [2.24, 2.45) is 0 Å². The second-order valence-electron chi connectivity index (χ2n) is 6.47. The van der Waals surface area contributed by atoms with Gasteiger partial charge in [0.05, 0.1) is 11.1 Å². The first-order valence-electron chi connectivity index (χ1n) is 8.58. The molecule has 3 aromatic rings. The molecule has 1 amide bonds. The van der Waals surface area contributed by atoms with E-state index in [-0.39, 0.29) is 11.9 Å². The molecule has 1 aromatic carbocycles. The molecule has 0 saturated carbocycles. The Kier molecular flexibility index (Phi) is 4.19. The summed E-state index contributed by atoms with van der Waals surface area (Å²) in [5.74, 6) is 0.806. The van der Waals surface area contributed by atoms with Crippen molar-refractivity contribution < 1.29 is 4.79 Å². The molecule has 1 aliphatic rings. The zero-order valence-corrected chi connectivity index (χ0v) is 14.2. The van der Waals surface area contributed by atoms with Crippen molar-refractivity contribution in [2.75, 3.05) is 19.6 Å². The van der Waals surface area contributed by atoms with Crippen LogP contribution in [0.3, 0.4) is 0 Å². The molecule has 1 unspecified atom stereocenters. The van der Waals surface area contributed by atoms with Crippen LogP contribution in [0.25, 0.3) is 11.2 Å². The van der Waals surface area contributed by atoms with Gasteiger partial charge in [0, 0.05) is 31.9 Å². The SMILES string of the molecule is Cc1nc2nccc(C(=O)N3CCNC(Cc4ccccc4)C3)c2[nH]1. The van der Waals surface area contributed by atoms with Gasteiger partial charge in [-0.1, -0.05) is 30.3 Å². The molecule has 1 atom stereocenters. The van der Waals surface area contributed by atoms with Crippen molar-refractivity contribution in [3.05, 3.63) is 59.5 Å². The largest absolute Gasteiger partial charge is 0.340 e. The minimum absolute atomic E-state index is 0.0376. The monoisotopic (exact) mass is 335 g/mol. The molecular formula is C19H21N5O. The quantitative estimate of drug-likeness (QED) is 0.767. The lowest BCUT2D eigenvalue weighted by atomic mass is 10.0. The van der Waals surface area contributed by atoms with E-state index < -0.39 is 0 Å². The first-order valence-corrected chi connectivity index (χ1v) is 8.58. The Morgan fingerprint density at radius 1 is 1.28 bits per heavy atom. The maximum Gasteiger partial charge on any atom is 0.256 e. The van der Waals surface area contributed by atoms with Gasteiger partial charge in [-0.05, 0) is 25.0 Å². The van der Waals surface area contributed by atoms with Crippen LogP contribution in [-0.2, 0) is 6.42 Å². The van der Waals surface area contributed by atoms with Crippen molar-refractivity contribution in [2.45, 2.75) is 19.4 Å². The average Bonchev–Trinajstić information content (AvgIpc) is 3.02. The van der Waals surface area contributed by atoms with Gasteiger partial charge in [0.15, 0.2) is 5.65 Å². The van der Waals surface area contributed by atoms with Gasteiger partial charge in [0.25, 0.3) is 5.91 Å². The summed E-state index contributed by atoms with van der Waals surface area (Å²) in [6.45, 7) is 4.09. The van der Waals surface area contributed by atoms with Crippen LogP contribution < -0.4 is 5.32 Å². The van der Waals surface area contributed by atoms with Crippen LogP contribution in [0.1, 0.15) is 21.7 Å². The van der Waals surface area contributed by atoms with Crippen molar-refractivity contribution in [1.82, 2.24) is 25.2 Å². The number of imidazole rings is 1. The average molecular weight is 335 g/mol. The highest BCUT2D eigenvalue weighted by Gasteiger charge is 2.26. The number of aromatic nitrogens is 3. The Morgan fingerprint density at radius 3 is 2.96 bits per heavy atom. The van der Waals surface area contributed by atoms with Gasteiger partial charge >= 0.3 is 0 Å². The van der Waals surface area contributed by atoms with Crippen molar-refractivity contribution in [1.29, 1.82) is 0 Å². The van der Waals surface area contributed by atoms with Crippen LogP contribution in [0.15, 0.2) is 42.6 Å². The Labute approximate surface area is 146 Å². The molecule has 0 spiro atoms. The third-order valence-corrected chi connectivity index (χ3v) is 4.61. The minimum atomic E-state index is 0.0376. The summed E-state index contributed by atoms with van der Waals surface area (Å²) >= 11 is 0. The van der Waals surface area contributed by atoms with Gasteiger partial charge < -0.3 is 15.2 Å². The molecule has 0 radical (unpaired) electrons. The Balaban J connectivity index is 1.53. The molecule has 1 fully saturated rings. The highest BCUT2D eigenvalue weighted by Crippen LogP contribution is 2.17. The number of nitrogens with zero attached hydrogens (tertiary/aromatic N) is 3. The number of H-pyrrole nitrogens is 1. The molecule has 128 valence electrons. The summed E-state index contributed by atoms with van der Waals surface area (Å²) in [6.07, 6.45) is 2.57. The number of pyridine rings is 1. The predicted molar refractivity (Wildman–Crippen MR) is 96.5 cm³/mol. The van der Waals surface area contributed by atoms with E-state index in [1.807, 2.05) is 17.9 Å². The number of rotatable bonds is 3. The maximum atomic E-state index is 13.0. The van der Waals surface area contributed by atoms with Gasteiger partial charge in [-0.15, -0.1) is 0 Å². The number of nitrogens with one attached hydrogen (secondary N) is 2. The summed E-state index contributed by atoms with van der Waals surface area (Å²) < 4.78 is 0. The van der Waals surface area contributed by atoms with Crippen LogP contribution in [0.2, 0.25) is 0 Å². The summed E-state index contributed by atoms with van der Waals surface area (Å²) in [4.78, 5) is 26.7. The first kappa shape index (κ1) is 15.8. The van der Waals surface area contributed by atoms with E-state index in [2.05, 4.69) is 44.5 Å². The summed E-state index contributed by atoms with van der Waals surface area (Å²) in [5.41, 5.74) is 3.25. The molecule has 4 rings (SSSR count). The van der Waals surface area contributed by atoms with E-state index in [0.29, 0.717) is 24.3 Å². The third-order valence-electron chi connectivity index (χ3n) is 4.61. The highest BCUT2D eigenvalue weighted by molar-refractivity contribution is 6.04. The Bertz CT molecular complexity index is 889. The predicted octanol–water partition coefficient (Wildman–Crippen LogP) is 1.92. The number of piperazine rings is 1. The smallest absolute Gasteiger partial charge is 0.256 e. The van der Waals surface area contributed by atoms with Crippen LogP contribution in [0.4, 0.5) is 0 Å². The molecule has 0 bridgehead atoms. The molecular weight excluding hydrogens is 314 g/mol. The Hall–Kier alpha value is -2.73. The number of fused-ring (bicyclic) bond motifs is 1. The first-order chi connectivity index (χ1) is 12.2. The second kappa shape index (κ2) is 6.64.